The van der Waals surface area contributed by atoms with Gasteiger partial charge in [-0.1, -0.05) is 29.8 Å². The van der Waals surface area contributed by atoms with Gasteiger partial charge in [-0.25, -0.2) is 0 Å². The van der Waals surface area contributed by atoms with Gasteiger partial charge in [-0.05, 0) is 36.6 Å². The van der Waals surface area contributed by atoms with Crippen LogP contribution in [0, 0.1) is 13.8 Å². The van der Waals surface area contributed by atoms with E-state index >= 15 is 0 Å². The van der Waals surface area contributed by atoms with Crippen molar-refractivity contribution in [2.45, 2.75) is 20.0 Å². The number of aliphatic hydroxyl groups excluding tert-OH is 1. The van der Waals surface area contributed by atoms with Gasteiger partial charge in [0.05, 0.1) is 0 Å². The van der Waals surface area contributed by atoms with Gasteiger partial charge in [-0.15, -0.1) is 0 Å². The molecular formula is C14H14ClNO. The molecule has 2 rings (SSSR count). The van der Waals surface area contributed by atoms with Crippen LogP contribution in [0.4, 0.5) is 0 Å². The van der Waals surface area contributed by atoms with Crippen LogP contribution in [0.15, 0.2) is 36.7 Å². The number of hydrogen-bond acceptors (Lipinski definition) is 2. The summed E-state index contributed by atoms with van der Waals surface area (Å²) in [6.07, 6.45) is 2.80. The second-order valence-corrected chi connectivity index (χ2v) is 4.61. The molecule has 0 saturated carbocycles. The Morgan fingerprint density at radius 1 is 1.12 bits per heavy atom. The van der Waals surface area contributed by atoms with E-state index in [1.54, 1.807) is 18.5 Å². The van der Waals surface area contributed by atoms with Crippen LogP contribution in [0.1, 0.15) is 28.4 Å². The van der Waals surface area contributed by atoms with Crippen molar-refractivity contribution >= 4 is 11.6 Å². The third-order valence-corrected chi connectivity index (χ3v) is 3.13. The summed E-state index contributed by atoms with van der Waals surface area (Å²) in [5, 5.41) is 11.0. The van der Waals surface area contributed by atoms with E-state index in [1.165, 1.54) is 0 Å². The number of aromatic nitrogens is 1. The second-order valence-electron chi connectivity index (χ2n) is 4.21. The Kier molecular flexibility index (Phi) is 3.46. The number of benzene rings is 1. The molecule has 17 heavy (non-hydrogen) atoms. The third kappa shape index (κ3) is 2.65. The van der Waals surface area contributed by atoms with Crippen molar-refractivity contribution in [3.05, 3.63) is 63.9 Å². The molecule has 1 heterocycles. The number of hydrogen-bond donors (Lipinski definition) is 1. The van der Waals surface area contributed by atoms with Gasteiger partial charge in [0, 0.05) is 23.0 Å². The molecule has 1 aromatic carbocycles. The topological polar surface area (TPSA) is 33.1 Å². The largest absolute Gasteiger partial charge is 0.384 e. The maximum Gasteiger partial charge on any atom is 0.106 e. The summed E-state index contributed by atoms with van der Waals surface area (Å²) in [5.41, 5.74) is 3.63. The third-order valence-electron chi connectivity index (χ3n) is 2.71. The molecular weight excluding hydrogens is 234 g/mol. The van der Waals surface area contributed by atoms with E-state index in [4.69, 9.17) is 11.6 Å². The Labute approximate surface area is 106 Å². The van der Waals surface area contributed by atoms with Crippen LogP contribution in [0.5, 0.6) is 0 Å². The summed E-state index contributed by atoms with van der Waals surface area (Å²) in [5.74, 6) is 0. The van der Waals surface area contributed by atoms with Crippen LogP contribution in [-0.4, -0.2) is 10.1 Å². The monoisotopic (exact) mass is 247 g/mol. The zero-order valence-electron chi connectivity index (χ0n) is 9.81. The molecule has 0 aliphatic rings. The molecule has 0 spiro atoms. The molecule has 0 aliphatic heterocycles. The van der Waals surface area contributed by atoms with Gasteiger partial charge in [0.25, 0.3) is 0 Å². The lowest BCUT2D eigenvalue weighted by atomic mass is 10.0. The van der Waals surface area contributed by atoms with E-state index in [0.717, 1.165) is 22.3 Å². The molecule has 1 atom stereocenters. The highest BCUT2D eigenvalue weighted by Gasteiger charge is 2.11. The number of aryl methyl sites for hydroxylation is 2. The van der Waals surface area contributed by atoms with Gasteiger partial charge in [0.15, 0.2) is 0 Å². The Balaban J connectivity index is 2.36. The number of halogens is 1. The van der Waals surface area contributed by atoms with Crippen LogP contribution in [0.3, 0.4) is 0 Å². The van der Waals surface area contributed by atoms with Crippen molar-refractivity contribution in [3.8, 4) is 0 Å². The predicted molar refractivity (Wildman–Crippen MR) is 69.2 cm³/mol. The van der Waals surface area contributed by atoms with Gasteiger partial charge >= 0.3 is 0 Å². The molecule has 0 saturated heterocycles. The van der Waals surface area contributed by atoms with E-state index in [-0.39, 0.29) is 0 Å². The zero-order chi connectivity index (χ0) is 12.4. The fraction of sp³-hybridized carbons (Fsp3) is 0.214. The number of nitrogens with zero attached hydrogens (tertiary/aromatic N) is 1. The first kappa shape index (κ1) is 12.1. The van der Waals surface area contributed by atoms with E-state index in [9.17, 15) is 5.11 Å². The molecule has 0 bridgehead atoms. The van der Waals surface area contributed by atoms with Gasteiger partial charge in [0.1, 0.15) is 6.10 Å². The van der Waals surface area contributed by atoms with E-state index in [0.29, 0.717) is 5.02 Å². The second kappa shape index (κ2) is 4.86. The first-order chi connectivity index (χ1) is 8.08. The van der Waals surface area contributed by atoms with Crippen LogP contribution < -0.4 is 0 Å². The van der Waals surface area contributed by atoms with Crippen LogP contribution >= 0.6 is 11.6 Å². The van der Waals surface area contributed by atoms with E-state index in [1.807, 2.05) is 32.0 Å². The molecule has 2 aromatic rings. The van der Waals surface area contributed by atoms with Crippen LogP contribution in [-0.2, 0) is 0 Å². The lowest BCUT2D eigenvalue weighted by Crippen LogP contribution is -2.01. The lowest BCUT2D eigenvalue weighted by Gasteiger charge is -2.12. The molecule has 1 aromatic heterocycles. The Morgan fingerprint density at radius 2 is 1.88 bits per heavy atom. The van der Waals surface area contributed by atoms with Gasteiger partial charge in [-0.3, -0.25) is 4.98 Å². The Morgan fingerprint density at radius 3 is 2.53 bits per heavy atom. The molecule has 0 radical (unpaired) electrons. The van der Waals surface area contributed by atoms with Crippen molar-refractivity contribution in [1.29, 1.82) is 0 Å². The molecule has 0 amide bonds. The number of pyridine rings is 1. The summed E-state index contributed by atoms with van der Waals surface area (Å²) in [6, 6.07) is 7.47. The first-order valence-corrected chi connectivity index (χ1v) is 5.81. The highest BCUT2D eigenvalue weighted by Crippen LogP contribution is 2.25. The minimum Gasteiger partial charge on any atom is -0.384 e. The van der Waals surface area contributed by atoms with Crippen molar-refractivity contribution < 1.29 is 5.11 Å². The standard InChI is InChI=1S/C14H14ClNO/c1-9-5-12(8-16-7-9)14(17)11-3-4-13(15)10(2)6-11/h3-8,14,17H,1-2H3. The first-order valence-electron chi connectivity index (χ1n) is 5.43. The van der Waals surface area contributed by atoms with E-state index in [2.05, 4.69) is 4.98 Å². The van der Waals surface area contributed by atoms with Gasteiger partial charge in [0.2, 0.25) is 0 Å². The fourth-order valence-electron chi connectivity index (χ4n) is 1.76. The summed E-state index contributed by atoms with van der Waals surface area (Å²) in [6.45, 7) is 3.88. The van der Waals surface area contributed by atoms with Crippen molar-refractivity contribution in [2.75, 3.05) is 0 Å². The Hall–Kier alpha value is -1.38. The fourth-order valence-corrected chi connectivity index (χ4v) is 1.88. The molecule has 3 heteroatoms. The minimum absolute atomic E-state index is 0.654. The number of aliphatic hydroxyl groups is 1. The smallest absolute Gasteiger partial charge is 0.106 e. The quantitative estimate of drug-likeness (QED) is 0.882. The van der Waals surface area contributed by atoms with Crippen LogP contribution in [0.2, 0.25) is 5.02 Å². The Bertz CT molecular complexity index is 539. The maximum absolute atomic E-state index is 10.2. The summed E-state index contributed by atoms with van der Waals surface area (Å²) in [4.78, 5) is 4.08. The normalized spacial score (nSPS) is 12.5. The molecule has 1 unspecified atom stereocenters. The average Bonchev–Trinajstić information content (AvgIpc) is 2.32. The number of rotatable bonds is 2. The van der Waals surface area contributed by atoms with Gasteiger partial charge in [-0.2, -0.15) is 0 Å². The molecule has 0 aliphatic carbocycles. The maximum atomic E-state index is 10.2. The highest BCUT2D eigenvalue weighted by atomic mass is 35.5. The van der Waals surface area contributed by atoms with Crippen molar-refractivity contribution in [1.82, 2.24) is 4.98 Å². The lowest BCUT2D eigenvalue weighted by molar-refractivity contribution is 0.219. The average molecular weight is 248 g/mol. The van der Waals surface area contributed by atoms with Gasteiger partial charge < -0.3 is 5.11 Å². The zero-order valence-corrected chi connectivity index (χ0v) is 10.6. The summed E-state index contributed by atoms with van der Waals surface area (Å²) < 4.78 is 0. The highest BCUT2D eigenvalue weighted by molar-refractivity contribution is 6.31. The van der Waals surface area contributed by atoms with Crippen LogP contribution in [0.25, 0.3) is 0 Å². The van der Waals surface area contributed by atoms with Crippen molar-refractivity contribution in [3.63, 3.8) is 0 Å². The minimum atomic E-state index is -0.654. The summed E-state index contributed by atoms with van der Waals surface area (Å²) >= 11 is 5.96. The predicted octanol–water partition coefficient (Wildman–Crippen LogP) is 3.43. The molecule has 1 N–H and O–H groups in total. The molecule has 0 fully saturated rings. The van der Waals surface area contributed by atoms with E-state index < -0.39 is 6.10 Å². The SMILES string of the molecule is Cc1cncc(C(O)c2ccc(Cl)c(C)c2)c1. The molecule has 2 nitrogen and oxygen atoms in total. The summed E-state index contributed by atoms with van der Waals surface area (Å²) in [7, 11) is 0. The molecule has 88 valence electrons. The van der Waals surface area contributed by atoms with Crippen molar-refractivity contribution in [2.24, 2.45) is 0 Å².